The summed E-state index contributed by atoms with van der Waals surface area (Å²) in [7, 11) is 0. The summed E-state index contributed by atoms with van der Waals surface area (Å²) >= 11 is 7.64. The van der Waals surface area contributed by atoms with Crippen LogP contribution in [0.1, 0.15) is 31.2 Å². The van der Waals surface area contributed by atoms with Gasteiger partial charge in [0.1, 0.15) is 11.0 Å². The van der Waals surface area contributed by atoms with Gasteiger partial charge in [-0.1, -0.05) is 53.7 Å². The maximum atomic E-state index is 12.8. The highest BCUT2D eigenvalue weighted by atomic mass is 35.5. The number of hydrogen-bond acceptors (Lipinski definition) is 6. The van der Waals surface area contributed by atoms with Gasteiger partial charge in [-0.2, -0.15) is 0 Å². The number of piperazine rings is 1. The van der Waals surface area contributed by atoms with E-state index in [1.54, 1.807) is 6.07 Å². The molecule has 9 heteroatoms. The lowest BCUT2D eigenvalue weighted by Crippen LogP contribution is -2.49. The van der Waals surface area contributed by atoms with Crippen molar-refractivity contribution in [1.82, 2.24) is 19.8 Å². The molecule has 0 bridgehead atoms. The standard InChI is InChI=1S/C26H32ClN5O2S/c27-22-17-23(30-12-14-32(15-13-30)25(34)21-6-7-21)29-26(28-22)35-18-24(33)31-10-8-20(9-11-31)16-19-4-2-1-3-5-19/h1-5,17,20-21H,6-16,18H2. The van der Waals surface area contributed by atoms with Crippen LogP contribution in [0.25, 0.3) is 0 Å². The predicted molar refractivity (Wildman–Crippen MR) is 139 cm³/mol. The zero-order chi connectivity index (χ0) is 24.2. The SMILES string of the molecule is O=C(CSc1nc(Cl)cc(N2CCN(C(=O)C3CC3)CC2)n1)N1CCC(Cc2ccccc2)CC1. The fourth-order valence-corrected chi connectivity index (χ4v) is 5.89. The van der Waals surface area contributed by atoms with Crippen LogP contribution in [-0.2, 0) is 16.0 Å². The Morgan fingerprint density at radius 1 is 0.914 bits per heavy atom. The highest BCUT2D eigenvalue weighted by Crippen LogP contribution is 2.32. The van der Waals surface area contributed by atoms with Gasteiger partial charge in [0.15, 0.2) is 5.16 Å². The Morgan fingerprint density at radius 2 is 1.63 bits per heavy atom. The fraction of sp³-hybridized carbons (Fsp3) is 0.538. The van der Waals surface area contributed by atoms with Crippen LogP contribution < -0.4 is 4.90 Å². The lowest BCUT2D eigenvalue weighted by atomic mass is 9.90. The van der Waals surface area contributed by atoms with Crippen molar-refractivity contribution in [2.75, 3.05) is 49.9 Å². The lowest BCUT2D eigenvalue weighted by molar-refractivity contribution is -0.133. The smallest absolute Gasteiger partial charge is 0.233 e. The van der Waals surface area contributed by atoms with Gasteiger partial charge in [0, 0.05) is 51.3 Å². The van der Waals surface area contributed by atoms with Crippen molar-refractivity contribution < 1.29 is 9.59 Å². The number of piperidine rings is 1. The Balaban J connectivity index is 1.09. The number of anilines is 1. The van der Waals surface area contributed by atoms with Gasteiger partial charge in [0.25, 0.3) is 0 Å². The Kier molecular flexibility index (Phi) is 7.78. The van der Waals surface area contributed by atoms with Crippen LogP contribution in [0.15, 0.2) is 41.6 Å². The van der Waals surface area contributed by atoms with E-state index < -0.39 is 0 Å². The van der Waals surface area contributed by atoms with Crippen molar-refractivity contribution >= 4 is 41.0 Å². The van der Waals surface area contributed by atoms with Crippen molar-refractivity contribution in [1.29, 1.82) is 0 Å². The van der Waals surface area contributed by atoms with E-state index >= 15 is 0 Å². The van der Waals surface area contributed by atoms with E-state index in [0.717, 1.165) is 64.1 Å². The molecule has 3 aliphatic rings. The number of aromatic nitrogens is 2. The van der Waals surface area contributed by atoms with Crippen molar-refractivity contribution in [2.45, 2.75) is 37.3 Å². The van der Waals surface area contributed by atoms with Gasteiger partial charge in [-0.3, -0.25) is 9.59 Å². The molecule has 0 atom stereocenters. The third-order valence-electron chi connectivity index (χ3n) is 7.16. The summed E-state index contributed by atoms with van der Waals surface area (Å²) in [5.41, 5.74) is 1.37. The molecule has 7 nitrogen and oxygen atoms in total. The Labute approximate surface area is 216 Å². The Morgan fingerprint density at radius 3 is 2.31 bits per heavy atom. The van der Waals surface area contributed by atoms with E-state index in [1.165, 1.54) is 17.3 Å². The molecule has 3 heterocycles. The van der Waals surface area contributed by atoms with E-state index in [2.05, 4.69) is 39.1 Å². The van der Waals surface area contributed by atoms with Crippen LogP contribution in [0.3, 0.4) is 0 Å². The molecule has 0 N–H and O–H groups in total. The molecule has 0 unspecified atom stereocenters. The topological polar surface area (TPSA) is 69.6 Å². The van der Waals surface area contributed by atoms with Gasteiger partial charge in [-0.05, 0) is 43.6 Å². The molecule has 1 saturated carbocycles. The van der Waals surface area contributed by atoms with E-state index in [9.17, 15) is 9.59 Å². The summed E-state index contributed by atoms with van der Waals surface area (Å²) in [6.45, 7) is 4.49. The summed E-state index contributed by atoms with van der Waals surface area (Å²) in [6.07, 6.45) is 5.23. The molecule has 0 radical (unpaired) electrons. The summed E-state index contributed by atoms with van der Waals surface area (Å²) in [4.78, 5) is 40.2. The van der Waals surface area contributed by atoms with E-state index in [1.807, 2.05) is 15.9 Å². The monoisotopic (exact) mass is 513 g/mol. The predicted octanol–water partition coefficient (Wildman–Crippen LogP) is 3.76. The molecule has 186 valence electrons. The maximum Gasteiger partial charge on any atom is 0.233 e. The van der Waals surface area contributed by atoms with E-state index in [4.69, 9.17) is 11.6 Å². The van der Waals surface area contributed by atoms with Crippen molar-refractivity contribution in [2.24, 2.45) is 11.8 Å². The van der Waals surface area contributed by atoms with Crippen molar-refractivity contribution in [3.8, 4) is 0 Å². The molecular formula is C26H32ClN5O2S. The summed E-state index contributed by atoms with van der Waals surface area (Å²) < 4.78 is 0. The van der Waals surface area contributed by atoms with Crippen molar-refractivity contribution in [3.63, 3.8) is 0 Å². The van der Waals surface area contributed by atoms with Crippen LogP contribution in [-0.4, -0.2) is 76.6 Å². The van der Waals surface area contributed by atoms with Gasteiger partial charge in [-0.15, -0.1) is 0 Å². The van der Waals surface area contributed by atoms with Crippen LogP contribution in [0.2, 0.25) is 5.15 Å². The molecule has 5 rings (SSSR count). The first-order valence-electron chi connectivity index (χ1n) is 12.6. The van der Waals surface area contributed by atoms with Crippen LogP contribution in [0.4, 0.5) is 5.82 Å². The van der Waals surface area contributed by atoms with Gasteiger partial charge in [-0.25, -0.2) is 9.97 Å². The molecule has 2 saturated heterocycles. The third kappa shape index (κ3) is 6.47. The largest absolute Gasteiger partial charge is 0.353 e. The fourth-order valence-electron chi connectivity index (χ4n) is 4.91. The number of thioether (sulfide) groups is 1. The number of amides is 2. The molecule has 0 spiro atoms. The van der Waals surface area contributed by atoms with E-state index in [0.29, 0.717) is 41.0 Å². The van der Waals surface area contributed by atoms with E-state index in [-0.39, 0.29) is 11.8 Å². The summed E-state index contributed by atoms with van der Waals surface area (Å²) in [6, 6.07) is 12.4. The Hall–Kier alpha value is -2.32. The normalized spacial score (nSPS) is 19.2. The molecule has 35 heavy (non-hydrogen) atoms. The van der Waals surface area contributed by atoms with Crippen LogP contribution >= 0.6 is 23.4 Å². The molecule has 2 aromatic rings. The van der Waals surface area contributed by atoms with Gasteiger partial charge in [0.2, 0.25) is 11.8 Å². The molecule has 1 aliphatic carbocycles. The molecule has 2 aliphatic heterocycles. The number of likely N-dealkylation sites (tertiary alicyclic amines) is 1. The second kappa shape index (κ2) is 11.2. The Bertz CT molecular complexity index is 1040. The van der Waals surface area contributed by atoms with Gasteiger partial charge < -0.3 is 14.7 Å². The molecular weight excluding hydrogens is 482 g/mol. The second-order valence-electron chi connectivity index (χ2n) is 9.72. The highest BCUT2D eigenvalue weighted by molar-refractivity contribution is 7.99. The summed E-state index contributed by atoms with van der Waals surface area (Å²) in [5.74, 6) is 2.39. The quantitative estimate of drug-likeness (QED) is 0.319. The number of carbonyl (C=O) groups excluding carboxylic acids is 2. The second-order valence-corrected chi connectivity index (χ2v) is 11.1. The number of halogens is 1. The number of hydrogen-bond donors (Lipinski definition) is 0. The first-order chi connectivity index (χ1) is 17.0. The highest BCUT2D eigenvalue weighted by Gasteiger charge is 2.34. The number of carbonyl (C=O) groups is 2. The molecule has 1 aromatic carbocycles. The summed E-state index contributed by atoms with van der Waals surface area (Å²) in [5, 5.41) is 0.902. The third-order valence-corrected chi connectivity index (χ3v) is 8.19. The number of rotatable bonds is 7. The van der Waals surface area contributed by atoms with Crippen molar-refractivity contribution in [3.05, 3.63) is 47.1 Å². The van der Waals surface area contributed by atoms with Crippen LogP contribution in [0.5, 0.6) is 0 Å². The minimum absolute atomic E-state index is 0.130. The average Bonchev–Trinajstić information content (AvgIpc) is 3.73. The molecule has 1 aromatic heterocycles. The first-order valence-corrected chi connectivity index (χ1v) is 13.9. The average molecular weight is 514 g/mol. The molecule has 2 amide bonds. The van der Waals surface area contributed by atoms with Gasteiger partial charge >= 0.3 is 0 Å². The minimum atomic E-state index is 0.130. The minimum Gasteiger partial charge on any atom is -0.353 e. The lowest BCUT2D eigenvalue weighted by Gasteiger charge is -2.35. The number of nitrogens with zero attached hydrogens (tertiary/aromatic N) is 5. The van der Waals surface area contributed by atoms with Gasteiger partial charge in [0.05, 0.1) is 5.75 Å². The first kappa shape index (κ1) is 24.4. The zero-order valence-electron chi connectivity index (χ0n) is 19.9. The molecule has 3 fully saturated rings. The van der Waals surface area contributed by atoms with Crippen LogP contribution in [0, 0.1) is 11.8 Å². The maximum absolute atomic E-state index is 12.8. The number of benzene rings is 1. The zero-order valence-corrected chi connectivity index (χ0v) is 21.5.